The summed E-state index contributed by atoms with van der Waals surface area (Å²) in [5.74, 6) is 0.489. The third-order valence-electron chi connectivity index (χ3n) is 6.23. The standard InChI is InChI=1S/C24H32N4O3S/c1-17(2)22-13-26-23(14-25-22)31-20-12-19-15-28(10-9-27(19)16-20)32(29,30)21-8-6-7-18(11-21)24(3,4)5/h6-8,11,13-14,19-20H,1,9-10,12,15-16H2,2-5H3/t19-,20-/m0/s1. The Bertz CT molecular complexity index is 1090. The Morgan fingerprint density at radius 1 is 1.16 bits per heavy atom. The number of hydrogen-bond donors (Lipinski definition) is 0. The first-order valence-electron chi connectivity index (χ1n) is 11.0. The van der Waals surface area contributed by atoms with Crippen LogP contribution in [0.25, 0.3) is 5.57 Å². The van der Waals surface area contributed by atoms with E-state index in [1.165, 1.54) is 0 Å². The van der Waals surface area contributed by atoms with Gasteiger partial charge in [-0.3, -0.25) is 4.90 Å². The minimum absolute atomic E-state index is 0.0307. The van der Waals surface area contributed by atoms with Crippen LogP contribution in [0.15, 0.2) is 48.1 Å². The number of piperazine rings is 1. The van der Waals surface area contributed by atoms with Crippen molar-refractivity contribution in [2.45, 2.75) is 56.6 Å². The average Bonchev–Trinajstić information content (AvgIpc) is 3.15. The highest BCUT2D eigenvalue weighted by molar-refractivity contribution is 7.89. The van der Waals surface area contributed by atoms with E-state index in [4.69, 9.17) is 4.74 Å². The molecule has 0 unspecified atom stereocenters. The molecule has 0 radical (unpaired) electrons. The minimum Gasteiger partial charge on any atom is -0.472 e. The van der Waals surface area contributed by atoms with Gasteiger partial charge in [-0.25, -0.2) is 18.4 Å². The van der Waals surface area contributed by atoms with Crippen molar-refractivity contribution in [1.29, 1.82) is 0 Å². The van der Waals surface area contributed by atoms with Crippen LogP contribution in [0.3, 0.4) is 0 Å². The van der Waals surface area contributed by atoms with Crippen LogP contribution in [-0.2, 0) is 15.4 Å². The average molecular weight is 457 g/mol. The topological polar surface area (TPSA) is 75.6 Å². The second kappa shape index (κ2) is 8.57. The van der Waals surface area contributed by atoms with E-state index in [1.54, 1.807) is 22.8 Å². The van der Waals surface area contributed by atoms with Gasteiger partial charge in [0.1, 0.15) is 6.10 Å². The summed E-state index contributed by atoms with van der Waals surface area (Å²) in [5, 5.41) is 0. The predicted molar refractivity (Wildman–Crippen MR) is 125 cm³/mol. The molecule has 8 heteroatoms. The molecule has 2 aromatic rings. The van der Waals surface area contributed by atoms with E-state index >= 15 is 0 Å². The fourth-order valence-electron chi connectivity index (χ4n) is 4.31. The van der Waals surface area contributed by atoms with Gasteiger partial charge in [0.2, 0.25) is 15.9 Å². The number of fused-ring (bicyclic) bond motifs is 1. The van der Waals surface area contributed by atoms with E-state index in [1.807, 2.05) is 25.1 Å². The maximum absolute atomic E-state index is 13.4. The lowest BCUT2D eigenvalue weighted by Crippen LogP contribution is -2.51. The van der Waals surface area contributed by atoms with Gasteiger partial charge in [-0.15, -0.1) is 0 Å². The van der Waals surface area contributed by atoms with E-state index in [2.05, 4.69) is 42.2 Å². The van der Waals surface area contributed by atoms with E-state index in [9.17, 15) is 8.42 Å². The van der Waals surface area contributed by atoms with E-state index < -0.39 is 10.0 Å². The second-order valence-electron chi connectivity index (χ2n) is 9.79. The fourth-order valence-corrected chi connectivity index (χ4v) is 5.83. The summed E-state index contributed by atoms with van der Waals surface area (Å²) in [7, 11) is -3.54. The molecular formula is C24H32N4O3S. The van der Waals surface area contributed by atoms with Crippen molar-refractivity contribution < 1.29 is 13.2 Å². The number of ether oxygens (including phenoxy) is 1. The lowest BCUT2D eigenvalue weighted by atomic mass is 9.87. The Morgan fingerprint density at radius 2 is 1.94 bits per heavy atom. The van der Waals surface area contributed by atoms with Gasteiger partial charge in [-0.1, -0.05) is 39.5 Å². The third kappa shape index (κ3) is 4.72. The molecule has 3 heterocycles. The third-order valence-corrected chi connectivity index (χ3v) is 8.09. The molecular weight excluding hydrogens is 424 g/mol. The summed E-state index contributed by atoms with van der Waals surface area (Å²) < 4.78 is 34.4. The number of rotatable bonds is 5. The number of aromatic nitrogens is 2. The van der Waals surface area contributed by atoms with Crippen molar-refractivity contribution in [2.75, 3.05) is 26.2 Å². The van der Waals surface area contributed by atoms with Gasteiger partial charge in [0, 0.05) is 38.6 Å². The number of hydrogen-bond acceptors (Lipinski definition) is 6. The van der Waals surface area contributed by atoms with Crippen molar-refractivity contribution in [2.24, 2.45) is 0 Å². The molecule has 172 valence electrons. The van der Waals surface area contributed by atoms with Crippen LogP contribution in [0.5, 0.6) is 5.88 Å². The van der Waals surface area contributed by atoms with Gasteiger partial charge < -0.3 is 4.74 Å². The maximum Gasteiger partial charge on any atom is 0.243 e. The van der Waals surface area contributed by atoms with Crippen molar-refractivity contribution >= 4 is 15.6 Å². The number of sulfonamides is 1. The summed E-state index contributed by atoms with van der Waals surface area (Å²) in [6, 6.07) is 7.47. The normalized spacial score (nSPS) is 22.5. The molecule has 0 spiro atoms. The Morgan fingerprint density at radius 3 is 2.59 bits per heavy atom. The van der Waals surface area contributed by atoms with Gasteiger partial charge in [-0.2, -0.15) is 4.31 Å². The van der Waals surface area contributed by atoms with Crippen LogP contribution in [0.1, 0.15) is 45.4 Å². The largest absolute Gasteiger partial charge is 0.472 e. The molecule has 0 amide bonds. The SMILES string of the molecule is C=C(C)c1cnc(O[C@H]2C[C@H]3CN(S(=O)(=O)c4cccc(C(C)(C)C)c4)CCN3C2)cn1. The zero-order chi connectivity index (χ0) is 23.1. The quantitative estimate of drug-likeness (QED) is 0.687. The molecule has 2 saturated heterocycles. The molecule has 2 fully saturated rings. The summed E-state index contributed by atoms with van der Waals surface area (Å²) >= 11 is 0. The van der Waals surface area contributed by atoms with Gasteiger partial charge in [0.25, 0.3) is 0 Å². The molecule has 0 saturated carbocycles. The predicted octanol–water partition coefficient (Wildman–Crippen LogP) is 3.33. The highest BCUT2D eigenvalue weighted by Gasteiger charge is 2.41. The Hall–Kier alpha value is -2.29. The van der Waals surface area contributed by atoms with Crippen molar-refractivity contribution in [3.8, 4) is 5.88 Å². The molecule has 7 nitrogen and oxygen atoms in total. The van der Waals surface area contributed by atoms with Gasteiger partial charge in [0.15, 0.2) is 0 Å². The zero-order valence-corrected chi connectivity index (χ0v) is 20.1. The van der Waals surface area contributed by atoms with Gasteiger partial charge >= 0.3 is 0 Å². The Labute approximate surface area is 191 Å². The fraction of sp³-hybridized carbons (Fsp3) is 0.500. The molecule has 4 rings (SSSR count). The minimum atomic E-state index is -3.54. The smallest absolute Gasteiger partial charge is 0.243 e. The van der Waals surface area contributed by atoms with Crippen LogP contribution >= 0.6 is 0 Å². The molecule has 0 aliphatic carbocycles. The Kier molecular flexibility index (Phi) is 6.13. The second-order valence-corrected chi connectivity index (χ2v) is 11.7. The summed E-state index contributed by atoms with van der Waals surface area (Å²) in [6.07, 6.45) is 4.02. The lowest BCUT2D eigenvalue weighted by molar-refractivity contribution is 0.151. The highest BCUT2D eigenvalue weighted by Crippen LogP contribution is 2.30. The molecule has 0 bridgehead atoms. The van der Waals surface area contributed by atoms with Gasteiger partial charge in [0.05, 0.1) is 23.0 Å². The number of benzene rings is 1. The molecule has 2 atom stereocenters. The molecule has 1 aromatic heterocycles. The summed E-state index contributed by atoms with van der Waals surface area (Å²) in [4.78, 5) is 11.3. The van der Waals surface area contributed by atoms with E-state index in [-0.39, 0.29) is 17.6 Å². The van der Waals surface area contributed by atoms with Crippen molar-refractivity contribution in [3.05, 3.63) is 54.5 Å². The molecule has 2 aliphatic rings. The van der Waals surface area contributed by atoms with E-state index in [0.717, 1.165) is 29.8 Å². The molecule has 2 aliphatic heterocycles. The van der Waals surface area contributed by atoms with Crippen molar-refractivity contribution in [3.63, 3.8) is 0 Å². The van der Waals surface area contributed by atoms with Crippen LogP contribution in [0, 0.1) is 0 Å². The molecule has 32 heavy (non-hydrogen) atoms. The first-order chi connectivity index (χ1) is 15.0. The number of nitrogens with zero attached hydrogens (tertiary/aromatic N) is 4. The van der Waals surface area contributed by atoms with Crippen molar-refractivity contribution in [1.82, 2.24) is 19.2 Å². The maximum atomic E-state index is 13.4. The first kappa shape index (κ1) is 22.9. The van der Waals surface area contributed by atoms with Gasteiger partial charge in [-0.05, 0) is 35.6 Å². The first-order valence-corrected chi connectivity index (χ1v) is 12.5. The Balaban J connectivity index is 1.43. The summed E-state index contributed by atoms with van der Waals surface area (Å²) in [6.45, 7) is 14.4. The molecule has 0 N–H and O–H groups in total. The molecule has 1 aromatic carbocycles. The number of allylic oxidation sites excluding steroid dienone is 1. The van der Waals surface area contributed by atoms with Crippen LogP contribution in [0.2, 0.25) is 0 Å². The van der Waals surface area contributed by atoms with Crippen LogP contribution in [-0.4, -0.2) is 65.9 Å². The van der Waals surface area contributed by atoms with E-state index in [0.29, 0.717) is 30.4 Å². The van der Waals surface area contributed by atoms with Crippen LogP contribution < -0.4 is 4.74 Å². The lowest BCUT2D eigenvalue weighted by Gasteiger charge is -2.36. The summed E-state index contributed by atoms with van der Waals surface area (Å²) in [5.41, 5.74) is 2.52. The monoisotopic (exact) mass is 456 g/mol. The highest BCUT2D eigenvalue weighted by atomic mass is 32.2. The van der Waals surface area contributed by atoms with Crippen LogP contribution in [0.4, 0.5) is 0 Å². The zero-order valence-electron chi connectivity index (χ0n) is 19.3.